The van der Waals surface area contributed by atoms with Gasteiger partial charge in [0.15, 0.2) is 10.7 Å². The molecular formula is C51H56N8O7S. The van der Waals surface area contributed by atoms with Crippen LogP contribution < -0.4 is 24.4 Å². The molecule has 67 heavy (non-hydrogen) atoms. The van der Waals surface area contributed by atoms with Gasteiger partial charge in [-0.15, -0.1) is 0 Å². The summed E-state index contributed by atoms with van der Waals surface area (Å²) in [5, 5.41) is 15.5. The summed E-state index contributed by atoms with van der Waals surface area (Å²) in [6.45, 7) is 7.52. The Morgan fingerprint density at radius 2 is 1.75 bits per heavy atom. The smallest absolute Gasteiger partial charge is 0.300 e. The molecule has 2 atom stereocenters. The van der Waals surface area contributed by atoms with Gasteiger partial charge in [0.25, 0.3) is 15.9 Å². The van der Waals surface area contributed by atoms with Crippen LogP contribution >= 0.6 is 0 Å². The number of benzene rings is 3. The molecule has 3 aliphatic heterocycles. The molecule has 4 aliphatic rings. The summed E-state index contributed by atoms with van der Waals surface area (Å²) in [5.74, 6) is -0.258. The van der Waals surface area contributed by atoms with Gasteiger partial charge in [-0.1, -0.05) is 68.4 Å². The highest BCUT2D eigenvalue weighted by Crippen LogP contribution is 2.49. The number of anilines is 2. The second kappa shape index (κ2) is 18.3. The number of carbonyl (C=O) groups excluding carboxylic acids is 1. The summed E-state index contributed by atoms with van der Waals surface area (Å²) in [6.07, 6.45) is 13.2. The third kappa shape index (κ3) is 9.16. The Morgan fingerprint density at radius 1 is 0.970 bits per heavy atom. The number of pyridine rings is 2. The maximum atomic E-state index is 14.1. The van der Waals surface area contributed by atoms with Gasteiger partial charge in [0.05, 0.1) is 28.8 Å². The van der Waals surface area contributed by atoms with E-state index >= 15 is 0 Å². The molecule has 1 amide bonds. The van der Waals surface area contributed by atoms with Crippen LogP contribution in [-0.2, 0) is 16.4 Å². The van der Waals surface area contributed by atoms with Crippen molar-refractivity contribution in [3.05, 3.63) is 136 Å². The summed E-state index contributed by atoms with van der Waals surface area (Å²) >= 11 is 0. The maximum absolute atomic E-state index is 14.1. The van der Waals surface area contributed by atoms with Crippen molar-refractivity contribution in [3.63, 3.8) is 0 Å². The maximum Gasteiger partial charge on any atom is 0.300 e. The number of hydrogen-bond donors (Lipinski definition) is 3. The van der Waals surface area contributed by atoms with Crippen LogP contribution in [0.25, 0.3) is 11.0 Å². The molecule has 2 unspecified atom stereocenters. The first-order valence-electron chi connectivity index (χ1n) is 23.5. The second-order valence-electron chi connectivity index (χ2n) is 19.0. The van der Waals surface area contributed by atoms with Gasteiger partial charge >= 0.3 is 5.69 Å². The van der Waals surface area contributed by atoms with Crippen LogP contribution in [0.3, 0.4) is 0 Å². The molecule has 3 aromatic carbocycles. The fraction of sp³-hybridized carbons (Fsp3) is 0.392. The molecule has 1 aliphatic carbocycles. The lowest BCUT2D eigenvalue weighted by molar-refractivity contribution is -0.384. The Kier molecular flexibility index (Phi) is 12.1. The highest BCUT2D eigenvalue weighted by atomic mass is 32.2. The number of aromatic nitrogens is 3. The van der Waals surface area contributed by atoms with E-state index in [1.54, 1.807) is 24.4 Å². The van der Waals surface area contributed by atoms with E-state index in [0.717, 1.165) is 48.6 Å². The summed E-state index contributed by atoms with van der Waals surface area (Å²) in [4.78, 5) is 42.5. The number of likely N-dealkylation sites (tertiary alicyclic amines) is 1. The average Bonchev–Trinajstić information content (AvgIpc) is 4.02. The van der Waals surface area contributed by atoms with E-state index in [4.69, 9.17) is 9.47 Å². The average molecular weight is 925 g/mol. The third-order valence-corrected chi connectivity index (χ3v) is 15.7. The fourth-order valence-electron chi connectivity index (χ4n) is 10.9. The monoisotopic (exact) mass is 924 g/mol. The summed E-state index contributed by atoms with van der Waals surface area (Å²) < 4.78 is 42.0. The van der Waals surface area contributed by atoms with Crippen LogP contribution in [-0.4, -0.2) is 77.4 Å². The Morgan fingerprint density at radius 3 is 2.52 bits per heavy atom. The first kappa shape index (κ1) is 44.3. The summed E-state index contributed by atoms with van der Waals surface area (Å²) in [6, 6.07) is 29.0. The van der Waals surface area contributed by atoms with E-state index in [-0.39, 0.29) is 40.9 Å². The third-order valence-electron chi connectivity index (χ3n) is 14.5. The van der Waals surface area contributed by atoms with Gasteiger partial charge in [-0.25, -0.2) is 9.71 Å². The number of ether oxygens (including phenoxy) is 2. The number of hydrogen-bond acceptors (Lipinski definition) is 12. The number of H-pyrrole nitrogens is 1. The Bertz CT molecular complexity index is 2910. The topological polar surface area (TPSA) is 185 Å². The van der Waals surface area contributed by atoms with Crippen LogP contribution in [0.5, 0.6) is 17.4 Å². The molecule has 0 radical (unpaired) electrons. The molecule has 6 aromatic rings. The van der Waals surface area contributed by atoms with Crippen molar-refractivity contribution in [1.82, 2.24) is 24.6 Å². The number of sulfonamides is 1. The van der Waals surface area contributed by atoms with E-state index < -0.39 is 31.6 Å². The zero-order valence-corrected chi connectivity index (χ0v) is 38.6. The molecule has 0 bridgehead atoms. The second-order valence-corrected chi connectivity index (χ2v) is 20.6. The minimum absolute atomic E-state index is 0.0303. The minimum Gasteiger partial charge on any atom is -0.474 e. The molecule has 3 fully saturated rings. The number of fused-ring (bicyclic) bond motifs is 2. The van der Waals surface area contributed by atoms with Crippen molar-refractivity contribution in [3.8, 4) is 17.4 Å². The van der Waals surface area contributed by atoms with Crippen molar-refractivity contribution in [2.24, 2.45) is 5.41 Å². The quantitative estimate of drug-likeness (QED) is 0.0781. The first-order valence-corrected chi connectivity index (χ1v) is 24.9. The van der Waals surface area contributed by atoms with E-state index in [2.05, 4.69) is 72.9 Å². The molecule has 1 spiro atoms. The van der Waals surface area contributed by atoms with E-state index in [0.29, 0.717) is 35.8 Å². The molecule has 6 heterocycles. The van der Waals surface area contributed by atoms with Gasteiger partial charge < -0.3 is 24.7 Å². The molecule has 2 saturated heterocycles. The lowest BCUT2D eigenvalue weighted by atomic mass is 9.66. The molecule has 16 heteroatoms. The highest BCUT2D eigenvalue weighted by molar-refractivity contribution is 7.90. The predicted molar refractivity (Wildman–Crippen MR) is 257 cm³/mol. The SMILES string of the molecule is CC(C)c1ccccc1C1CCCN1C1CCC2(CC1)CCN(c1ccc(C(=O)NS(=O)(=O)c3cc([N+](=O)[O-])c4c(n3)OCC(Cc3ccccc3)N4)c(Oc3cnc4[nH]ccc4c3)c1)CC2. The summed E-state index contributed by atoms with van der Waals surface area (Å²) in [7, 11) is -4.76. The number of nitrogens with one attached hydrogen (secondary N) is 3. The van der Waals surface area contributed by atoms with Crippen molar-refractivity contribution in [2.75, 3.05) is 36.5 Å². The number of piperidine rings is 1. The molecule has 3 aromatic heterocycles. The molecule has 1 saturated carbocycles. The van der Waals surface area contributed by atoms with E-state index in [1.807, 2.05) is 42.5 Å². The van der Waals surface area contributed by atoms with Crippen LogP contribution in [0.2, 0.25) is 0 Å². The van der Waals surface area contributed by atoms with Gasteiger partial charge in [0.1, 0.15) is 23.8 Å². The molecule has 348 valence electrons. The minimum atomic E-state index is -4.76. The highest BCUT2D eigenvalue weighted by Gasteiger charge is 2.42. The Hall–Kier alpha value is -6.52. The van der Waals surface area contributed by atoms with Gasteiger partial charge in [-0.2, -0.15) is 13.4 Å². The number of carbonyl (C=O) groups is 1. The summed E-state index contributed by atoms with van der Waals surface area (Å²) in [5.41, 5.74) is 5.14. The standard InChI is InChI=1S/C51H56N8O7S/c1-33(2)40-11-6-7-12-41(40)43-13-8-24-58(43)37-16-19-51(20-17-37)21-25-57(26-22-51)38-14-15-42(45(29-38)66-39-28-35-18-23-52-48(35)53-31-39)49(60)56-67(63,64)46-30-44(59(61)62)47-50(55-46)65-32-36(54-47)27-34-9-4-3-5-10-34/h3-7,9-12,14-15,18,23,28-31,33,36-37,43,54H,8,13,16-17,19-22,24-27,32H2,1-2H3,(H,52,53)(H,56,60). The van der Waals surface area contributed by atoms with E-state index in [1.165, 1.54) is 62.4 Å². The fourth-order valence-corrected chi connectivity index (χ4v) is 11.9. The number of aromatic amines is 1. The zero-order valence-electron chi connectivity index (χ0n) is 37.8. The normalized spacial score (nSPS) is 19.8. The number of nitro groups is 1. The zero-order chi connectivity index (χ0) is 46.3. The van der Waals surface area contributed by atoms with Crippen molar-refractivity contribution >= 4 is 44.0 Å². The van der Waals surface area contributed by atoms with Gasteiger partial charge in [-0.05, 0) is 117 Å². The molecule has 15 nitrogen and oxygen atoms in total. The van der Waals surface area contributed by atoms with Crippen LogP contribution in [0, 0.1) is 15.5 Å². The van der Waals surface area contributed by atoms with Crippen molar-refractivity contribution < 1.29 is 27.6 Å². The Balaban J connectivity index is 0.849. The van der Waals surface area contributed by atoms with Crippen LogP contribution in [0.4, 0.5) is 17.1 Å². The number of nitrogens with zero attached hydrogens (tertiary/aromatic N) is 5. The van der Waals surface area contributed by atoms with Gasteiger partial charge in [-0.3, -0.25) is 19.8 Å². The number of amides is 1. The molecule has 3 N–H and O–H groups in total. The van der Waals surface area contributed by atoms with Crippen molar-refractivity contribution in [2.45, 2.75) is 101 Å². The van der Waals surface area contributed by atoms with Gasteiger partial charge in [0.2, 0.25) is 5.88 Å². The lowest BCUT2D eigenvalue weighted by Crippen LogP contribution is -2.45. The predicted octanol–water partition coefficient (Wildman–Crippen LogP) is 9.68. The molecule has 10 rings (SSSR count). The van der Waals surface area contributed by atoms with Crippen LogP contribution in [0.15, 0.2) is 108 Å². The lowest BCUT2D eigenvalue weighted by Gasteiger charge is -2.48. The van der Waals surface area contributed by atoms with Crippen LogP contribution in [0.1, 0.15) is 104 Å². The van der Waals surface area contributed by atoms with E-state index in [9.17, 15) is 23.3 Å². The van der Waals surface area contributed by atoms with Crippen molar-refractivity contribution in [1.29, 1.82) is 0 Å². The first-order chi connectivity index (χ1) is 32.4. The largest absolute Gasteiger partial charge is 0.474 e. The number of rotatable bonds is 12. The van der Waals surface area contributed by atoms with Gasteiger partial charge in [0, 0.05) is 48.5 Å². The molecular weight excluding hydrogens is 869 g/mol. The Labute approximate surface area is 390 Å².